The van der Waals surface area contributed by atoms with E-state index in [0.29, 0.717) is 32.8 Å². The first-order chi connectivity index (χ1) is 13.6. The molecule has 8 heteroatoms. The van der Waals surface area contributed by atoms with Crippen LogP contribution in [0.1, 0.15) is 12.5 Å². The second-order valence-electron chi connectivity index (χ2n) is 6.74. The molecule has 1 aromatic carbocycles. The second-order valence-corrected chi connectivity index (χ2v) is 6.74. The highest BCUT2D eigenvalue weighted by Crippen LogP contribution is 2.16. The first kappa shape index (κ1) is 19.7. The number of nitrogens with one attached hydrogen (secondary N) is 1. The minimum Gasteiger partial charge on any atom is -0.492 e. The fourth-order valence-corrected chi connectivity index (χ4v) is 3.05. The van der Waals surface area contributed by atoms with E-state index in [1.165, 1.54) is 5.56 Å². The summed E-state index contributed by atoms with van der Waals surface area (Å²) in [5.74, 6) is 1.63. The molecule has 1 aromatic heterocycles. The molecular weight excluding hydrogens is 356 g/mol. The van der Waals surface area contributed by atoms with Gasteiger partial charge in [-0.2, -0.15) is 5.10 Å². The van der Waals surface area contributed by atoms with Gasteiger partial charge in [-0.15, -0.1) is 0 Å². The fraction of sp³-hybridized carbons (Fsp3) is 0.450. The normalized spacial score (nSPS) is 15.1. The van der Waals surface area contributed by atoms with Gasteiger partial charge in [0.2, 0.25) is 5.91 Å². The number of ether oxygens (including phenoxy) is 1. The molecule has 3 rings (SSSR count). The Morgan fingerprint density at radius 3 is 2.71 bits per heavy atom. The van der Waals surface area contributed by atoms with Crippen LogP contribution >= 0.6 is 0 Å². The van der Waals surface area contributed by atoms with Crippen molar-refractivity contribution in [2.45, 2.75) is 13.8 Å². The van der Waals surface area contributed by atoms with Crippen molar-refractivity contribution in [3.05, 3.63) is 42.2 Å². The molecule has 1 amide bonds. The maximum absolute atomic E-state index is 12.6. The number of carbonyl (C=O) groups is 1. The lowest BCUT2D eigenvalue weighted by Crippen LogP contribution is -2.55. The molecule has 2 aromatic rings. The van der Waals surface area contributed by atoms with Crippen molar-refractivity contribution in [2.75, 3.05) is 44.2 Å². The van der Waals surface area contributed by atoms with Gasteiger partial charge in [-0.3, -0.25) is 9.48 Å². The Labute approximate surface area is 165 Å². The monoisotopic (exact) mass is 384 g/mol. The number of piperazine rings is 1. The number of aryl methyl sites for hydroxylation is 2. The zero-order valence-corrected chi connectivity index (χ0v) is 16.8. The van der Waals surface area contributed by atoms with E-state index in [-0.39, 0.29) is 5.91 Å². The molecule has 0 radical (unpaired) electrons. The van der Waals surface area contributed by atoms with Crippen LogP contribution in [0, 0.1) is 6.92 Å². The van der Waals surface area contributed by atoms with E-state index in [4.69, 9.17) is 4.74 Å². The molecule has 1 fully saturated rings. The van der Waals surface area contributed by atoms with Gasteiger partial charge in [-0.1, -0.05) is 17.7 Å². The Kier molecular flexibility index (Phi) is 6.52. The number of anilines is 1. The highest BCUT2D eigenvalue weighted by molar-refractivity contribution is 5.98. The van der Waals surface area contributed by atoms with E-state index < -0.39 is 0 Å². The number of carbonyl (C=O) groups excluding carboxylic acids is 1. The van der Waals surface area contributed by atoms with Crippen molar-refractivity contribution in [2.24, 2.45) is 12.0 Å². The van der Waals surface area contributed by atoms with Gasteiger partial charge < -0.3 is 19.9 Å². The molecule has 0 atom stereocenters. The van der Waals surface area contributed by atoms with E-state index in [1.807, 2.05) is 56.3 Å². The smallest absolute Gasteiger partial charge is 0.246 e. The highest BCUT2D eigenvalue weighted by Gasteiger charge is 2.27. The standard InChI is InChI=1S/C20H28N6O2/c1-4-21-20(22-9-12-28-18-7-5-16(2)6-8-18)25-10-11-26(19(27)15-25)17-13-23-24(3)14-17/h5-8,13-14H,4,9-12,15H2,1-3H3,(H,21,22). The van der Waals surface area contributed by atoms with Crippen LogP contribution in [0.4, 0.5) is 5.69 Å². The van der Waals surface area contributed by atoms with E-state index in [9.17, 15) is 4.79 Å². The number of nitrogens with zero attached hydrogens (tertiary/aromatic N) is 5. The first-order valence-electron chi connectivity index (χ1n) is 9.58. The summed E-state index contributed by atoms with van der Waals surface area (Å²) in [6.45, 7) is 7.43. The van der Waals surface area contributed by atoms with Crippen LogP contribution < -0.4 is 15.0 Å². The van der Waals surface area contributed by atoms with Crippen LogP contribution in [0.3, 0.4) is 0 Å². The molecule has 28 heavy (non-hydrogen) atoms. The number of hydrogen-bond donors (Lipinski definition) is 1. The summed E-state index contributed by atoms with van der Waals surface area (Å²) in [7, 11) is 1.85. The number of amides is 1. The summed E-state index contributed by atoms with van der Waals surface area (Å²) < 4.78 is 7.44. The maximum atomic E-state index is 12.6. The lowest BCUT2D eigenvalue weighted by molar-refractivity contribution is -0.120. The molecule has 0 bridgehead atoms. The number of aromatic nitrogens is 2. The zero-order chi connectivity index (χ0) is 19.9. The van der Waals surface area contributed by atoms with Crippen LogP contribution in [0.2, 0.25) is 0 Å². The summed E-state index contributed by atoms with van der Waals surface area (Å²) in [6, 6.07) is 7.97. The molecule has 8 nitrogen and oxygen atoms in total. The number of aliphatic imine (C=N–C) groups is 1. The van der Waals surface area contributed by atoms with Crippen molar-refractivity contribution in [1.82, 2.24) is 20.0 Å². The van der Waals surface area contributed by atoms with E-state index in [2.05, 4.69) is 15.4 Å². The number of rotatable bonds is 6. The average molecular weight is 384 g/mol. The second kappa shape index (κ2) is 9.25. The summed E-state index contributed by atoms with van der Waals surface area (Å²) in [5, 5.41) is 7.42. The Morgan fingerprint density at radius 1 is 1.29 bits per heavy atom. The molecular formula is C20H28N6O2. The van der Waals surface area contributed by atoms with Gasteiger partial charge in [-0.05, 0) is 26.0 Å². The van der Waals surface area contributed by atoms with Gasteiger partial charge in [0, 0.05) is 32.9 Å². The van der Waals surface area contributed by atoms with Crippen LogP contribution in [0.5, 0.6) is 5.75 Å². The average Bonchev–Trinajstić information content (AvgIpc) is 3.11. The van der Waals surface area contributed by atoms with Gasteiger partial charge in [-0.25, -0.2) is 4.99 Å². The SMILES string of the molecule is CCNC(=NCCOc1ccc(C)cc1)N1CCN(c2cnn(C)c2)C(=O)C1. The van der Waals surface area contributed by atoms with Crippen LogP contribution in [0.15, 0.2) is 41.7 Å². The maximum Gasteiger partial charge on any atom is 0.246 e. The Morgan fingerprint density at radius 2 is 2.07 bits per heavy atom. The van der Waals surface area contributed by atoms with Gasteiger partial charge in [0.1, 0.15) is 18.9 Å². The van der Waals surface area contributed by atoms with E-state index in [1.54, 1.807) is 15.8 Å². The Balaban J connectivity index is 1.55. The van der Waals surface area contributed by atoms with Gasteiger partial charge in [0.25, 0.3) is 0 Å². The van der Waals surface area contributed by atoms with Crippen LogP contribution in [-0.2, 0) is 11.8 Å². The quantitative estimate of drug-likeness (QED) is 0.463. The molecule has 1 aliphatic heterocycles. The van der Waals surface area contributed by atoms with Crippen molar-refractivity contribution in [3.63, 3.8) is 0 Å². The summed E-state index contributed by atoms with van der Waals surface area (Å²) >= 11 is 0. The van der Waals surface area contributed by atoms with Gasteiger partial charge in [0.15, 0.2) is 5.96 Å². The van der Waals surface area contributed by atoms with Gasteiger partial charge in [0.05, 0.1) is 18.4 Å². The molecule has 0 spiro atoms. The Bertz CT molecular complexity index is 814. The predicted octanol–water partition coefficient (Wildman–Crippen LogP) is 1.42. The molecule has 1 aliphatic rings. The summed E-state index contributed by atoms with van der Waals surface area (Å²) in [4.78, 5) is 21.0. The molecule has 1 saturated heterocycles. The van der Waals surface area contributed by atoms with Crippen LogP contribution in [0.25, 0.3) is 0 Å². The van der Waals surface area contributed by atoms with Crippen molar-refractivity contribution in [3.8, 4) is 5.75 Å². The number of guanidine groups is 1. The molecule has 0 aliphatic carbocycles. The summed E-state index contributed by atoms with van der Waals surface area (Å²) in [6.07, 6.45) is 3.57. The molecule has 2 heterocycles. The highest BCUT2D eigenvalue weighted by atomic mass is 16.5. The molecule has 0 saturated carbocycles. The molecule has 1 N–H and O–H groups in total. The lowest BCUT2D eigenvalue weighted by Gasteiger charge is -2.35. The van der Waals surface area contributed by atoms with Gasteiger partial charge >= 0.3 is 0 Å². The third-order valence-electron chi connectivity index (χ3n) is 4.50. The summed E-state index contributed by atoms with van der Waals surface area (Å²) in [5.41, 5.74) is 2.04. The molecule has 150 valence electrons. The third-order valence-corrected chi connectivity index (χ3v) is 4.50. The zero-order valence-electron chi connectivity index (χ0n) is 16.8. The minimum atomic E-state index is 0.0424. The molecule has 0 unspecified atom stereocenters. The van der Waals surface area contributed by atoms with Crippen molar-refractivity contribution in [1.29, 1.82) is 0 Å². The number of hydrogen-bond acceptors (Lipinski definition) is 4. The third kappa shape index (κ3) is 5.03. The number of benzene rings is 1. The lowest BCUT2D eigenvalue weighted by atomic mass is 10.2. The van der Waals surface area contributed by atoms with E-state index in [0.717, 1.165) is 23.9 Å². The van der Waals surface area contributed by atoms with Crippen LogP contribution in [-0.4, -0.2) is 65.9 Å². The topological polar surface area (TPSA) is 75.0 Å². The first-order valence-corrected chi connectivity index (χ1v) is 9.58. The minimum absolute atomic E-state index is 0.0424. The largest absolute Gasteiger partial charge is 0.492 e. The Hall–Kier alpha value is -3.03. The van der Waals surface area contributed by atoms with E-state index >= 15 is 0 Å². The van der Waals surface area contributed by atoms with Crippen molar-refractivity contribution >= 4 is 17.6 Å². The van der Waals surface area contributed by atoms with Crippen molar-refractivity contribution < 1.29 is 9.53 Å². The predicted molar refractivity (Wildman–Crippen MR) is 110 cm³/mol. The fourth-order valence-electron chi connectivity index (χ4n) is 3.05.